The summed E-state index contributed by atoms with van der Waals surface area (Å²) in [6.07, 6.45) is 1.41. The van der Waals surface area contributed by atoms with Crippen LogP contribution in [0.25, 0.3) is 10.8 Å². The molecule has 2 aliphatic heterocycles. The number of fused-ring (bicyclic) bond motifs is 1. The van der Waals surface area contributed by atoms with E-state index >= 15 is 0 Å². The summed E-state index contributed by atoms with van der Waals surface area (Å²) in [7, 11) is -2.01. The maximum absolute atomic E-state index is 13.4. The molecule has 2 fully saturated rings. The first-order valence-electron chi connectivity index (χ1n) is 12.1. The molecule has 0 N–H and O–H groups in total. The molecule has 7 nitrogen and oxygen atoms in total. The van der Waals surface area contributed by atoms with Gasteiger partial charge in [0.15, 0.2) is 0 Å². The fraction of sp³-hybridized carbons (Fsp3) is 0.370. The zero-order chi connectivity index (χ0) is 24.4. The number of ether oxygens (including phenoxy) is 1. The van der Waals surface area contributed by atoms with E-state index in [4.69, 9.17) is 4.74 Å². The number of rotatable bonds is 5. The summed E-state index contributed by atoms with van der Waals surface area (Å²) in [6.45, 7) is 3.47. The Morgan fingerprint density at radius 1 is 0.886 bits per heavy atom. The fourth-order valence-electron chi connectivity index (χ4n) is 5.08. The Labute approximate surface area is 206 Å². The predicted molar refractivity (Wildman–Crippen MR) is 137 cm³/mol. The van der Waals surface area contributed by atoms with Crippen LogP contribution >= 0.6 is 0 Å². The number of carbonyl (C=O) groups is 1. The van der Waals surface area contributed by atoms with E-state index in [1.54, 1.807) is 19.2 Å². The van der Waals surface area contributed by atoms with Crippen molar-refractivity contribution >= 4 is 32.4 Å². The second-order valence-corrected chi connectivity index (χ2v) is 11.2. The van der Waals surface area contributed by atoms with Gasteiger partial charge >= 0.3 is 0 Å². The van der Waals surface area contributed by atoms with Crippen LogP contribution in [0.2, 0.25) is 0 Å². The molecule has 8 heteroatoms. The summed E-state index contributed by atoms with van der Waals surface area (Å²) >= 11 is 0. The molecular weight excluding hydrogens is 462 g/mol. The molecule has 0 unspecified atom stereocenters. The number of hydrogen-bond acceptors (Lipinski definition) is 5. The smallest absolute Gasteiger partial charge is 0.243 e. The summed E-state index contributed by atoms with van der Waals surface area (Å²) < 4.78 is 33.5. The van der Waals surface area contributed by atoms with Crippen molar-refractivity contribution in [1.29, 1.82) is 0 Å². The number of sulfonamides is 1. The van der Waals surface area contributed by atoms with E-state index in [9.17, 15) is 13.2 Å². The molecule has 2 aliphatic rings. The van der Waals surface area contributed by atoms with Crippen molar-refractivity contribution in [3.05, 3.63) is 66.7 Å². The van der Waals surface area contributed by atoms with E-state index in [-0.39, 0.29) is 23.3 Å². The Hall–Kier alpha value is -3.10. The Morgan fingerprint density at radius 2 is 1.60 bits per heavy atom. The molecule has 0 saturated carbocycles. The molecule has 184 valence electrons. The van der Waals surface area contributed by atoms with Crippen molar-refractivity contribution in [3.63, 3.8) is 0 Å². The molecule has 35 heavy (non-hydrogen) atoms. The van der Waals surface area contributed by atoms with Crippen LogP contribution < -0.4 is 9.64 Å². The van der Waals surface area contributed by atoms with Crippen molar-refractivity contribution < 1.29 is 17.9 Å². The van der Waals surface area contributed by atoms with Crippen LogP contribution in [-0.2, 0) is 14.8 Å². The van der Waals surface area contributed by atoms with Crippen LogP contribution in [0, 0.1) is 5.92 Å². The van der Waals surface area contributed by atoms with Crippen molar-refractivity contribution in [2.45, 2.75) is 17.7 Å². The maximum atomic E-state index is 13.4. The van der Waals surface area contributed by atoms with Crippen molar-refractivity contribution in [2.75, 3.05) is 51.3 Å². The van der Waals surface area contributed by atoms with Gasteiger partial charge in [-0.3, -0.25) is 4.79 Å². The first-order valence-corrected chi connectivity index (χ1v) is 13.6. The largest absolute Gasteiger partial charge is 0.497 e. The van der Waals surface area contributed by atoms with Gasteiger partial charge in [-0.2, -0.15) is 4.31 Å². The lowest BCUT2D eigenvalue weighted by molar-refractivity contribution is -0.137. The van der Waals surface area contributed by atoms with Gasteiger partial charge < -0.3 is 14.5 Å². The van der Waals surface area contributed by atoms with E-state index in [2.05, 4.69) is 4.90 Å². The lowest BCUT2D eigenvalue weighted by Gasteiger charge is -2.39. The number of methoxy groups -OCH3 is 1. The second-order valence-electron chi connectivity index (χ2n) is 9.22. The number of carbonyl (C=O) groups excluding carboxylic acids is 1. The molecule has 0 aliphatic carbocycles. The highest BCUT2D eigenvalue weighted by Crippen LogP contribution is 2.28. The number of nitrogens with zero attached hydrogens (tertiary/aromatic N) is 3. The molecule has 3 aromatic rings. The van der Waals surface area contributed by atoms with Gasteiger partial charge in [0.2, 0.25) is 15.9 Å². The van der Waals surface area contributed by atoms with Crippen LogP contribution in [0.15, 0.2) is 71.6 Å². The van der Waals surface area contributed by atoms with E-state index in [1.807, 2.05) is 59.5 Å². The zero-order valence-corrected chi connectivity index (χ0v) is 20.8. The molecule has 1 atom stereocenters. The molecule has 5 rings (SSSR count). The van der Waals surface area contributed by atoms with Gasteiger partial charge in [-0.25, -0.2) is 8.42 Å². The van der Waals surface area contributed by atoms with Crippen molar-refractivity contribution in [1.82, 2.24) is 9.21 Å². The highest BCUT2D eigenvalue weighted by molar-refractivity contribution is 7.89. The molecule has 0 aromatic heterocycles. The number of anilines is 1. The van der Waals surface area contributed by atoms with Crippen molar-refractivity contribution in [3.8, 4) is 5.75 Å². The highest BCUT2D eigenvalue weighted by Gasteiger charge is 2.36. The minimum Gasteiger partial charge on any atom is -0.497 e. The van der Waals surface area contributed by atoms with Crippen LogP contribution in [0.4, 0.5) is 5.69 Å². The standard InChI is InChI=1S/C27H31N3O4S/c1-34-25-11-9-24(10-12-25)28-15-17-29(18-16-28)27(31)23-7-4-14-30(20-23)35(32,33)26-13-8-21-5-2-3-6-22(21)19-26/h2-3,5-6,8-13,19,23H,4,7,14-18,20H2,1H3/t23-/m0/s1. The van der Waals surface area contributed by atoms with Crippen molar-refractivity contribution in [2.24, 2.45) is 5.92 Å². The summed E-state index contributed by atoms with van der Waals surface area (Å²) in [5.41, 5.74) is 1.11. The normalized spacial score (nSPS) is 19.6. The van der Waals surface area contributed by atoms with Gasteiger partial charge in [0.25, 0.3) is 0 Å². The topological polar surface area (TPSA) is 70.2 Å². The van der Waals surface area contributed by atoms with Crippen LogP contribution in [0.5, 0.6) is 5.75 Å². The molecule has 0 radical (unpaired) electrons. The van der Waals surface area contributed by atoms with Gasteiger partial charge in [0, 0.05) is 45.0 Å². The van der Waals surface area contributed by atoms with Gasteiger partial charge in [-0.15, -0.1) is 0 Å². The number of hydrogen-bond donors (Lipinski definition) is 0. The lowest BCUT2D eigenvalue weighted by Crippen LogP contribution is -2.53. The highest BCUT2D eigenvalue weighted by atomic mass is 32.2. The first-order chi connectivity index (χ1) is 17.0. The minimum atomic E-state index is -3.66. The third-order valence-corrected chi connectivity index (χ3v) is 8.98. The number of amides is 1. The second kappa shape index (κ2) is 9.87. The Kier molecular flexibility index (Phi) is 6.67. The SMILES string of the molecule is COc1ccc(N2CCN(C(=O)[C@H]3CCCN(S(=O)(=O)c4ccc5ccccc5c4)C3)CC2)cc1. The number of benzene rings is 3. The van der Waals surface area contributed by atoms with E-state index in [1.165, 1.54) is 4.31 Å². The van der Waals surface area contributed by atoms with Crippen LogP contribution in [-0.4, -0.2) is 69.9 Å². The molecule has 0 spiro atoms. The molecule has 2 heterocycles. The van der Waals surface area contributed by atoms with Crippen LogP contribution in [0.3, 0.4) is 0 Å². The van der Waals surface area contributed by atoms with Crippen LogP contribution in [0.1, 0.15) is 12.8 Å². The zero-order valence-electron chi connectivity index (χ0n) is 20.0. The molecule has 1 amide bonds. The maximum Gasteiger partial charge on any atom is 0.243 e. The minimum absolute atomic E-state index is 0.0674. The number of piperidine rings is 1. The Morgan fingerprint density at radius 3 is 2.31 bits per heavy atom. The fourth-order valence-corrected chi connectivity index (χ4v) is 6.64. The van der Waals surface area contributed by atoms with Gasteiger partial charge in [0.05, 0.1) is 17.9 Å². The van der Waals surface area contributed by atoms with Gasteiger partial charge in [-0.05, 0) is 60.0 Å². The van der Waals surface area contributed by atoms with E-state index in [0.29, 0.717) is 26.1 Å². The quantitative estimate of drug-likeness (QED) is 0.543. The summed E-state index contributed by atoms with van der Waals surface area (Å²) in [4.78, 5) is 17.8. The van der Waals surface area contributed by atoms with E-state index < -0.39 is 10.0 Å². The monoisotopic (exact) mass is 493 g/mol. The summed E-state index contributed by atoms with van der Waals surface area (Å²) in [6, 6.07) is 20.9. The summed E-state index contributed by atoms with van der Waals surface area (Å²) in [5, 5.41) is 1.90. The lowest BCUT2D eigenvalue weighted by atomic mass is 9.97. The molecule has 3 aromatic carbocycles. The average molecular weight is 494 g/mol. The molecule has 0 bridgehead atoms. The number of piperazine rings is 1. The molecular formula is C27H31N3O4S. The van der Waals surface area contributed by atoms with Gasteiger partial charge in [0.1, 0.15) is 5.75 Å². The predicted octanol–water partition coefficient (Wildman–Crippen LogP) is 3.60. The van der Waals surface area contributed by atoms with E-state index in [0.717, 1.165) is 41.7 Å². The average Bonchev–Trinajstić information content (AvgIpc) is 2.92. The molecule has 2 saturated heterocycles. The third kappa shape index (κ3) is 4.86. The Balaban J connectivity index is 1.23. The Bertz CT molecular complexity index is 1300. The third-order valence-electron chi connectivity index (χ3n) is 7.12. The summed E-state index contributed by atoms with van der Waals surface area (Å²) in [5.74, 6) is 0.590. The first kappa shape index (κ1) is 23.6. The van der Waals surface area contributed by atoms with Gasteiger partial charge in [-0.1, -0.05) is 30.3 Å².